The van der Waals surface area contributed by atoms with Crippen molar-refractivity contribution in [2.75, 3.05) is 6.54 Å². The van der Waals surface area contributed by atoms with E-state index in [0.717, 1.165) is 11.8 Å². The third-order valence-electron chi connectivity index (χ3n) is 3.91. The van der Waals surface area contributed by atoms with Gasteiger partial charge < -0.3 is 9.90 Å². The maximum Gasteiger partial charge on any atom is 0.270 e. The van der Waals surface area contributed by atoms with Gasteiger partial charge in [0.1, 0.15) is 0 Å². The highest BCUT2D eigenvalue weighted by Crippen LogP contribution is 2.34. The van der Waals surface area contributed by atoms with E-state index >= 15 is 0 Å². The zero-order valence-corrected chi connectivity index (χ0v) is 15.8. The first-order valence-electron chi connectivity index (χ1n) is 8.36. The molecule has 29 heavy (non-hydrogen) atoms. The number of carboxylic acid groups (broad SMARTS) is 1. The van der Waals surface area contributed by atoms with Crippen molar-refractivity contribution in [2.24, 2.45) is 4.99 Å². The lowest BCUT2D eigenvalue weighted by molar-refractivity contribution is -0.384. The summed E-state index contributed by atoms with van der Waals surface area (Å²) in [7, 11) is 0. The average Bonchev–Trinajstić information content (AvgIpc) is 2.98. The molecule has 1 aliphatic heterocycles. The number of amides is 1. The van der Waals surface area contributed by atoms with Crippen LogP contribution in [-0.2, 0) is 4.79 Å². The van der Waals surface area contributed by atoms with Crippen LogP contribution in [0.15, 0.2) is 71.1 Å². The number of nitro benzene ring substituents is 1. The molecule has 2 aromatic rings. The van der Waals surface area contributed by atoms with E-state index in [9.17, 15) is 24.8 Å². The molecule has 2 aromatic carbocycles. The van der Waals surface area contributed by atoms with Gasteiger partial charge in [0.25, 0.3) is 11.6 Å². The number of non-ortho nitro benzene ring substituents is 1. The van der Waals surface area contributed by atoms with Gasteiger partial charge in [0, 0.05) is 18.7 Å². The number of aromatic carboxylic acids is 1. The Bertz CT molecular complexity index is 1060. The first-order valence-corrected chi connectivity index (χ1v) is 9.17. The maximum absolute atomic E-state index is 12.8. The Kier molecular flexibility index (Phi) is 5.89. The van der Waals surface area contributed by atoms with E-state index in [1.807, 2.05) is 0 Å². The molecule has 1 aliphatic rings. The monoisotopic (exact) mass is 408 g/mol. The van der Waals surface area contributed by atoms with E-state index in [0.29, 0.717) is 21.3 Å². The molecule has 146 valence electrons. The molecule has 0 bridgehead atoms. The summed E-state index contributed by atoms with van der Waals surface area (Å²) in [5.74, 6) is -1.59. The van der Waals surface area contributed by atoms with Gasteiger partial charge in [-0.3, -0.25) is 19.8 Å². The van der Waals surface area contributed by atoms with E-state index in [1.165, 1.54) is 41.3 Å². The Balaban J connectivity index is 1.93. The average molecular weight is 408 g/mol. The van der Waals surface area contributed by atoms with E-state index in [4.69, 9.17) is 0 Å². The molecule has 0 spiro atoms. The molecule has 8 nitrogen and oxygen atoms in total. The first kappa shape index (κ1) is 20.0. The van der Waals surface area contributed by atoms with Crippen LogP contribution in [0.25, 0.3) is 6.08 Å². The van der Waals surface area contributed by atoms with Gasteiger partial charge in [-0.2, -0.15) is 0 Å². The van der Waals surface area contributed by atoms with Crippen molar-refractivity contribution in [3.8, 4) is 0 Å². The molecule has 3 rings (SSSR count). The van der Waals surface area contributed by atoms with Crippen molar-refractivity contribution < 1.29 is 19.6 Å². The van der Waals surface area contributed by atoms with Crippen LogP contribution in [0.1, 0.15) is 15.9 Å². The van der Waals surface area contributed by atoms with Crippen LogP contribution in [0.5, 0.6) is 0 Å². The summed E-state index contributed by atoms with van der Waals surface area (Å²) in [4.78, 5) is 40.3. The van der Waals surface area contributed by atoms with Gasteiger partial charge in [0.2, 0.25) is 0 Å². The molecule has 0 saturated carbocycles. The molecule has 1 saturated heterocycles. The lowest BCUT2D eigenvalue weighted by Crippen LogP contribution is -2.29. The highest BCUT2D eigenvalue weighted by atomic mass is 32.2. The molecule has 1 fully saturated rings. The number of thioether (sulfide) groups is 1. The van der Waals surface area contributed by atoms with Crippen molar-refractivity contribution in [3.05, 3.63) is 87.3 Å². The number of carbonyl (C=O) groups is 2. The molecule has 0 aromatic heterocycles. The molecule has 9 heteroatoms. The number of aliphatic imine (C=N–C) groups is 1. The molecule has 1 amide bonds. The number of nitro groups is 1. The third-order valence-corrected chi connectivity index (χ3v) is 4.91. The highest BCUT2D eigenvalue weighted by molar-refractivity contribution is 8.18. The zero-order valence-electron chi connectivity index (χ0n) is 15.0. The van der Waals surface area contributed by atoms with Gasteiger partial charge in [-0.1, -0.05) is 30.3 Å². The molecule has 0 unspecified atom stereocenters. The van der Waals surface area contributed by atoms with Crippen LogP contribution < -0.4 is 5.11 Å². The molecule has 0 atom stereocenters. The maximum atomic E-state index is 12.8. The highest BCUT2D eigenvalue weighted by Gasteiger charge is 2.32. The fraction of sp³-hybridized carbons (Fsp3) is 0.0500. The Labute approximate surface area is 170 Å². The standard InChI is InChI=1S/C20H15N3O5S/c1-2-10-22-18(24)17(12-13-4-3-5-16(11-13)23(27)28)29-20(22)21-15-8-6-14(7-9-15)19(25)26/h2-9,11-12H,1,10H2,(H,25,26)/p-1/b17-12-,21-20?. The van der Waals surface area contributed by atoms with Crippen LogP contribution in [0.2, 0.25) is 0 Å². The van der Waals surface area contributed by atoms with Gasteiger partial charge in [-0.25, -0.2) is 4.99 Å². The fourth-order valence-electron chi connectivity index (χ4n) is 2.54. The molecule has 0 N–H and O–H groups in total. The predicted octanol–water partition coefficient (Wildman–Crippen LogP) is 2.75. The number of benzene rings is 2. The van der Waals surface area contributed by atoms with Crippen molar-refractivity contribution in [2.45, 2.75) is 0 Å². The molecule has 1 heterocycles. The summed E-state index contributed by atoms with van der Waals surface area (Å²) >= 11 is 1.12. The number of hydrogen-bond donors (Lipinski definition) is 0. The largest absolute Gasteiger partial charge is 0.545 e. The second kappa shape index (κ2) is 8.53. The van der Waals surface area contributed by atoms with Gasteiger partial charge in [0.15, 0.2) is 5.17 Å². The second-order valence-electron chi connectivity index (χ2n) is 5.90. The van der Waals surface area contributed by atoms with Gasteiger partial charge in [-0.05, 0) is 41.1 Å². The molecular weight excluding hydrogens is 394 g/mol. The minimum Gasteiger partial charge on any atom is -0.545 e. The molecule has 0 radical (unpaired) electrons. The number of rotatable bonds is 6. The lowest BCUT2D eigenvalue weighted by Gasteiger charge is -2.12. The van der Waals surface area contributed by atoms with Crippen LogP contribution in [0.3, 0.4) is 0 Å². The Morgan fingerprint density at radius 3 is 2.59 bits per heavy atom. The summed E-state index contributed by atoms with van der Waals surface area (Å²) in [6.07, 6.45) is 3.13. The summed E-state index contributed by atoms with van der Waals surface area (Å²) in [5, 5.41) is 22.2. The number of nitrogens with zero attached hydrogens (tertiary/aromatic N) is 3. The second-order valence-corrected chi connectivity index (χ2v) is 6.90. The number of carbonyl (C=O) groups excluding carboxylic acids is 2. The number of carboxylic acids is 1. The minimum atomic E-state index is -1.29. The van der Waals surface area contributed by atoms with E-state index in [2.05, 4.69) is 11.6 Å². The van der Waals surface area contributed by atoms with Crippen LogP contribution in [0, 0.1) is 10.1 Å². The van der Waals surface area contributed by atoms with Crippen LogP contribution in [-0.4, -0.2) is 33.4 Å². The van der Waals surface area contributed by atoms with Gasteiger partial charge in [0.05, 0.1) is 21.5 Å². The minimum absolute atomic E-state index is 0.0262. The summed E-state index contributed by atoms with van der Waals surface area (Å²) in [5.41, 5.74) is 0.946. The Morgan fingerprint density at radius 2 is 1.97 bits per heavy atom. The fourth-order valence-corrected chi connectivity index (χ4v) is 3.55. The third kappa shape index (κ3) is 4.58. The van der Waals surface area contributed by atoms with Crippen LogP contribution >= 0.6 is 11.8 Å². The van der Waals surface area contributed by atoms with Crippen molar-refractivity contribution in [1.29, 1.82) is 0 Å². The summed E-state index contributed by atoms with van der Waals surface area (Å²) < 4.78 is 0. The summed E-state index contributed by atoms with van der Waals surface area (Å²) in [6, 6.07) is 11.7. The Hall–Kier alpha value is -3.72. The van der Waals surface area contributed by atoms with Crippen molar-refractivity contribution in [1.82, 2.24) is 4.90 Å². The van der Waals surface area contributed by atoms with Gasteiger partial charge >= 0.3 is 0 Å². The SMILES string of the molecule is C=CCN1C(=O)/C(=C/c2cccc([N+](=O)[O-])c2)SC1=Nc1ccc(C(=O)[O-])cc1. The predicted molar refractivity (Wildman–Crippen MR) is 108 cm³/mol. The first-order chi connectivity index (χ1) is 13.9. The van der Waals surface area contributed by atoms with Crippen LogP contribution in [0.4, 0.5) is 11.4 Å². The number of amidine groups is 1. The van der Waals surface area contributed by atoms with Crippen molar-refractivity contribution in [3.63, 3.8) is 0 Å². The molecular formula is C20H14N3O5S-. The van der Waals surface area contributed by atoms with E-state index in [1.54, 1.807) is 24.3 Å². The molecule has 0 aliphatic carbocycles. The van der Waals surface area contributed by atoms with E-state index < -0.39 is 10.9 Å². The topological polar surface area (TPSA) is 116 Å². The zero-order chi connectivity index (χ0) is 21.0. The quantitative estimate of drug-likeness (QED) is 0.314. The number of hydrogen-bond acceptors (Lipinski definition) is 7. The normalized spacial score (nSPS) is 16.4. The Morgan fingerprint density at radius 1 is 1.24 bits per heavy atom. The lowest BCUT2D eigenvalue weighted by atomic mass is 10.2. The van der Waals surface area contributed by atoms with Gasteiger partial charge in [-0.15, -0.1) is 6.58 Å². The smallest absolute Gasteiger partial charge is 0.270 e. The van der Waals surface area contributed by atoms with E-state index in [-0.39, 0.29) is 23.7 Å². The summed E-state index contributed by atoms with van der Waals surface area (Å²) in [6.45, 7) is 3.88. The van der Waals surface area contributed by atoms with Crippen molar-refractivity contribution >= 4 is 46.3 Å².